The van der Waals surface area contributed by atoms with Crippen molar-refractivity contribution in [2.24, 2.45) is 5.73 Å². The highest BCUT2D eigenvalue weighted by Gasteiger charge is 2.15. The van der Waals surface area contributed by atoms with Crippen LogP contribution in [0.25, 0.3) is 0 Å². The maximum Gasteiger partial charge on any atom is 0.198 e. The molecule has 21 heavy (non-hydrogen) atoms. The maximum absolute atomic E-state index is 14.0. The van der Waals surface area contributed by atoms with Gasteiger partial charge in [0, 0.05) is 6.04 Å². The first-order chi connectivity index (χ1) is 9.86. The van der Waals surface area contributed by atoms with E-state index in [1.54, 1.807) is 25.1 Å². The van der Waals surface area contributed by atoms with Gasteiger partial charge in [-0.25, -0.2) is 8.78 Å². The van der Waals surface area contributed by atoms with Gasteiger partial charge in [-0.3, -0.25) is 0 Å². The minimum atomic E-state index is -0.775. The number of hydrogen-bond acceptors (Lipinski definition) is 2. The Morgan fingerprint density at radius 2 is 1.81 bits per heavy atom. The van der Waals surface area contributed by atoms with Gasteiger partial charge in [-0.15, -0.1) is 0 Å². The molecule has 0 aliphatic heterocycles. The molecule has 112 valence electrons. The molecule has 2 aromatic rings. The summed E-state index contributed by atoms with van der Waals surface area (Å²) in [4.78, 5) is 0. The van der Waals surface area contributed by atoms with Gasteiger partial charge in [0.25, 0.3) is 0 Å². The number of ether oxygens (including phenoxy) is 1. The third-order valence-electron chi connectivity index (χ3n) is 2.91. The van der Waals surface area contributed by atoms with Gasteiger partial charge in [0.05, 0.1) is 5.02 Å². The molecule has 0 amide bonds. The molecule has 0 aliphatic rings. The first-order valence-electron chi connectivity index (χ1n) is 6.54. The second-order valence-electron chi connectivity index (χ2n) is 5.11. The van der Waals surface area contributed by atoms with Gasteiger partial charge < -0.3 is 10.5 Å². The lowest BCUT2D eigenvalue weighted by atomic mass is 10.1. The Kier molecular flexibility index (Phi) is 4.80. The molecule has 0 saturated heterocycles. The Hall–Kier alpha value is -1.65. The summed E-state index contributed by atoms with van der Waals surface area (Å²) < 4.78 is 33.4. The molecule has 1 unspecified atom stereocenters. The average Bonchev–Trinajstić information content (AvgIpc) is 2.37. The zero-order valence-corrected chi connectivity index (χ0v) is 12.5. The van der Waals surface area contributed by atoms with E-state index in [-0.39, 0.29) is 11.8 Å². The van der Waals surface area contributed by atoms with Crippen molar-refractivity contribution in [3.8, 4) is 11.5 Å². The molecule has 0 aliphatic carbocycles. The molecular weight excluding hydrogens is 296 g/mol. The van der Waals surface area contributed by atoms with Gasteiger partial charge in [-0.2, -0.15) is 0 Å². The summed E-state index contributed by atoms with van der Waals surface area (Å²) in [6.45, 7) is 3.61. The molecule has 2 N–H and O–H groups in total. The molecule has 0 spiro atoms. The maximum atomic E-state index is 14.0. The Labute approximate surface area is 127 Å². The molecule has 2 aromatic carbocycles. The standard InChI is InChI=1S/C16H16ClF2NO/c1-9-3-4-12(17)15(5-9)21-16-13(18)7-11(6-10(2)20)8-14(16)19/h3-5,7-8,10H,6,20H2,1-2H3. The van der Waals surface area contributed by atoms with Crippen molar-refractivity contribution in [1.82, 2.24) is 0 Å². The quantitative estimate of drug-likeness (QED) is 0.895. The summed E-state index contributed by atoms with van der Waals surface area (Å²) in [5.74, 6) is -1.79. The molecular formula is C16H16ClF2NO. The zero-order valence-electron chi connectivity index (χ0n) is 11.8. The molecule has 0 fully saturated rings. The SMILES string of the molecule is Cc1ccc(Cl)c(Oc2c(F)cc(CC(C)N)cc2F)c1. The van der Waals surface area contributed by atoms with E-state index in [0.717, 1.165) is 5.56 Å². The van der Waals surface area contributed by atoms with Gasteiger partial charge in [0.2, 0.25) is 0 Å². The van der Waals surface area contributed by atoms with Gasteiger partial charge in [-0.05, 0) is 55.7 Å². The number of nitrogens with two attached hydrogens (primary N) is 1. The topological polar surface area (TPSA) is 35.2 Å². The highest BCUT2D eigenvalue weighted by atomic mass is 35.5. The van der Waals surface area contributed by atoms with Crippen molar-refractivity contribution in [2.75, 3.05) is 0 Å². The van der Waals surface area contributed by atoms with E-state index in [0.29, 0.717) is 17.0 Å². The Morgan fingerprint density at radius 1 is 1.19 bits per heavy atom. The van der Waals surface area contributed by atoms with Crippen molar-refractivity contribution < 1.29 is 13.5 Å². The summed E-state index contributed by atoms with van der Waals surface area (Å²) >= 11 is 5.96. The van der Waals surface area contributed by atoms with Crippen molar-refractivity contribution in [1.29, 1.82) is 0 Å². The number of rotatable bonds is 4. The zero-order chi connectivity index (χ0) is 15.6. The summed E-state index contributed by atoms with van der Waals surface area (Å²) in [5, 5.41) is 0.291. The van der Waals surface area contributed by atoms with Crippen LogP contribution in [-0.4, -0.2) is 6.04 Å². The molecule has 0 aromatic heterocycles. The van der Waals surface area contributed by atoms with Crippen LogP contribution in [0, 0.1) is 18.6 Å². The molecule has 1 atom stereocenters. The normalized spacial score (nSPS) is 12.3. The van der Waals surface area contributed by atoms with Crippen LogP contribution >= 0.6 is 11.6 Å². The van der Waals surface area contributed by atoms with Crippen molar-refractivity contribution in [3.05, 3.63) is 58.1 Å². The van der Waals surface area contributed by atoms with Crippen LogP contribution in [-0.2, 0) is 6.42 Å². The Morgan fingerprint density at radius 3 is 2.38 bits per heavy atom. The molecule has 0 radical (unpaired) electrons. The van der Waals surface area contributed by atoms with Gasteiger partial charge in [0.1, 0.15) is 5.75 Å². The monoisotopic (exact) mass is 311 g/mol. The van der Waals surface area contributed by atoms with Gasteiger partial charge in [0.15, 0.2) is 17.4 Å². The van der Waals surface area contributed by atoms with E-state index in [9.17, 15) is 8.78 Å². The average molecular weight is 312 g/mol. The fraction of sp³-hybridized carbons (Fsp3) is 0.250. The van der Waals surface area contributed by atoms with Crippen LogP contribution in [0.5, 0.6) is 11.5 Å². The predicted molar refractivity (Wildman–Crippen MR) is 80.0 cm³/mol. The Balaban J connectivity index is 2.34. The van der Waals surface area contributed by atoms with Crippen LogP contribution < -0.4 is 10.5 Å². The summed E-state index contributed by atoms with van der Waals surface area (Å²) in [6, 6.07) is 7.30. The molecule has 0 bridgehead atoms. The largest absolute Gasteiger partial charge is 0.450 e. The minimum Gasteiger partial charge on any atom is -0.450 e. The highest BCUT2D eigenvalue weighted by molar-refractivity contribution is 6.32. The van der Waals surface area contributed by atoms with E-state index in [1.165, 1.54) is 12.1 Å². The third-order valence-corrected chi connectivity index (χ3v) is 3.23. The van der Waals surface area contributed by atoms with Crippen LogP contribution in [0.4, 0.5) is 8.78 Å². The molecule has 0 heterocycles. The first-order valence-corrected chi connectivity index (χ1v) is 6.92. The smallest absolute Gasteiger partial charge is 0.198 e. The fourth-order valence-electron chi connectivity index (χ4n) is 2.00. The molecule has 2 nitrogen and oxygen atoms in total. The lowest BCUT2D eigenvalue weighted by molar-refractivity contribution is 0.406. The Bertz CT molecular complexity index is 636. The number of hydrogen-bond donors (Lipinski definition) is 1. The highest BCUT2D eigenvalue weighted by Crippen LogP contribution is 2.33. The van der Waals surface area contributed by atoms with Crippen molar-refractivity contribution in [2.45, 2.75) is 26.3 Å². The number of benzene rings is 2. The van der Waals surface area contributed by atoms with E-state index >= 15 is 0 Å². The lowest BCUT2D eigenvalue weighted by Gasteiger charge is -2.12. The van der Waals surface area contributed by atoms with Crippen LogP contribution in [0.1, 0.15) is 18.1 Å². The van der Waals surface area contributed by atoms with Crippen LogP contribution in [0.2, 0.25) is 5.02 Å². The van der Waals surface area contributed by atoms with E-state index in [2.05, 4.69) is 0 Å². The number of aryl methyl sites for hydroxylation is 1. The fourth-order valence-corrected chi connectivity index (χ4v) is 2.15. The second-order valence-corrected chi connectivity index (χ2v) is 5.51. The van der Waals surface area contributed by atoms with E-state index in [1.807, 2.05) is 6.92 Å². The summed E-state index contributed by atoms with van der Waals surface area (Å²) in [6.07, 6.45) is 0.388. The minimum absolute atomic E-state index is 0.179. The lowest BCUT2D eigenvalue weighted by Crippen LogP contribution is -2.18. The van der Waals surface area contributed by atoms with Gasteiger partial charge in [-0.1, -0.05) is 17.7 Å². The van der Waals surface area contributed by atoms with E-state index < -0.39 is 17.4 Å². The third kappa shape index (κ3) is 3.93. The van der Waals surface area contributed by atoms with Crippen LogP contribution in [0.3, 0.4) is 0 Å². The predicted octanol–water partition coefficient (Wildman–Crippen LogP) is 4.61. The summed E-state index contributed by atoms with van der Waals surface area (Å²) in [5.41, 5.74) is 7.00. The van der Waals surface area contributed by atoms with Gasteiger partial charge >= 0.3 is 0 Å². The molecule has 2 rings (SSSR count). The van der Waals surface area contributed by atoms with Crippen molar-refractivity contribution in [3.63, 3.8) is 0 Å². The summed E-state index contributed by atoms with van der Waals surface area (Å²) in [7, 11) is 0. The number of halogens is 3. The van der Waals surface area contributed by atoms with Crippen LogP contribution in [0.15, 0.2) is 30.3 Å². The molecule has 5 heteroatoms. The van der Waals surface area contributed by atoms with Crippen molar-refractivity contribution >= 4 is 11.6 Å². The second kappa shape index (κ2) is 6.41. The first kappa shape index (κ1) is 15.7. The molecule has 0 saturated carbocycles. The van der Waals surface area contributed by atoms with E-state index in [4.69, 9.17) is 22.1 Å².